The van der Waals surface area contributed by atoms with Crippen LogP contribution in [0.2, 0.25) is 0 Å². The molecule has 73 heavy (non-hydrogen) atoms. The van der Waals surface area contributed by atoms with E-state index in [-0.39, 0.29) is 46.2 Å². The van der Waals surface area contributed by atoms with E-state index in [0.29, 0.717) is 13.2 Å². The van der Waals surface area contributed by atoms with Gasteiger partial charge in [0.1, 0.15) is 48.8 Å². The van der Waals surface area contributed by atoms with Crippen molar-refractivity contribution in [2.24, 2.45) is 0 Å². The van der Waals surface area contributed by atoms with Crippen LogP contribution in [0.15, 0.2) is 206 Å². The lowest BCUT2D eigenvalue weighted by molar-refractivity contribution is -0.351. The van der Waals surface area contributed by atoms with E-state index in [1.807, 2.05) is 200 Å². The summed E-state index contributed by atoms with van der Waals surface area (Å²) in [5, 5.41) is 0. The molecular weight excluding hydrogens is 923 g/mol. The van der Waals surface area contributed by atoms with E-state index in [9.17, 15) is 0 Å². The van der Waals surface area contributed by atoms with Crippen molar-refractivity contribution in [3.63, 3.8) is 0 Å². The lowest BCUT2D eigenvalue weighted by Gasteiger charge is -2.48. The van der Waals surface area contributed by atoms with Crippen LogP contribution in [-0.4, -0.2) is 86.7 Å². The van der Waals surface area contributed by atoms with Crippen molar-refractivity contribution in [3.05, 3.63) is 245 Å². The molecule has 12 heteroatoms. The van der Waals surface area contributed by atoms with Gasteiger partial charge in [-0.3, -0.25) is 4.98 Å². The first kappa shape index (κ1) is 51.9. The summed E-state index contributed by atoms with van der Waals surface area (Å²) in [6.07, 6.45) is -5.84. The van der Waals surface area contributed by atoms with Gasteiger partial charge in [-0.15, -0.1) is 0 Å². The minimum Gasteiger partial charge on any atom is -0.372 e. The van der Waals surface area contributed by atoms with Gasteiger partial charge >= 0.3 is 0 Å². The highest BCUT2D eigenvalue weighted by Gasteiger charge is 2.52. The molecule has 7 aromatic rings. The molecule has 6 aromatic carbocycles. The molecule has 2 saturated heterocycles. The molecule has 2 aliphatic rings. The van der Waals surface area contributed by atoms with E-state index in [1.165, 1.54) is 0 Å². The molecule has 10 atom stereocenters. The number of ether oxygens (including phenoxy) is 11. The Hall–Kier alpha value is -5.97. The normalized spacial score (nSPS) is 24.0. The molecule has 0 spiro atoms. The van der Waals surface area contributed by atoms with Gasteiger partial charge in [0.2, 0.25) is 0 Å². The fourth-order valence-corrected chi connectivity index (χ4v) is 9.04. The molecular formula is C61H65NO11. The Kier molecular flexibility index (Phi) is 19.8. The summed E-state index contributed by atoms with van der Waals surface area (Å²) < 4.78 is 75.0. The quantitative estimate of drug-likeness (QED) is 0.0515. The second kappa shape index (κ2) is 27.9. The van der Waals surface area contributed by atoms with E-state index >= 15 is 0 Å². The van der Waals surface area contributed by atoms with Gasteiger partial charge in [-0.05, 0) is 45.5 Å². The number of rotatable bonds is 26. The van der Waals surface area contributed by atoms with Crippen molar-refractivity contribution in [2.45, 2.75) is 108 Å². The third-order valence-corrected chi connectivity index (χ3v) is 12.8. The van der Waals surface area contributed by atoms with E-state index in [2.05, 4.69) is 4.98 Å². The summed E-state index contributed by atoms with van der Waals surface area (Å²) in [7, 11) is 1.61. The maximum atomic E-state index is 7.08. The van der Waals surface area contributed by atoms with Crippen LogP contribution in [0.4, 0.5) is 0 Å². The van der Waals surface area contributed by atoms with Gasteiger partial charge in [0, 0.05) is 13.3 Å². The number of pyridine rings is 1. The van der Waals surface area contributed by atoms with Crippen LogP contribution < -0.4 is 0 Å². The first-order chi connectivity index (χ1) is 36.2. The highest BCUT2D eigenvalue weighted by Crippen LogP contribution is 2.35. The Labute approximate surface area is 429 Å². The Balaban J connectivity index is 1.05. The first-order valence-corrected chi connectivity index (χ1v) is 25.0. The average Bonchev–Trinajstić information content (AvgIpc) is 3.45. The second-order valence-corrected chi connectivity index (χ2v) is 18.1. The SMILES string of the molecule is CO[C@H]1O[C@H](CO[C@@H]2O[C@H](COCc3ccccn3)[C@H](OCc3ccccc3)[C@H](OCc3ccccc3)[C@H]2OCc2ccccc2)[C@@H](OCc2ccccc2)[C@H](OCc2ccccc2)[C@H]1OCc1ccccc1. The van der Waals surface area contributed by atoms with E-state index in [4.69, 9.17) is 52.1 Å². The lowest BCUT2D eigenvalue weighted by Crippen LogP contribution is -2.64. The molecule has 0 bridgehead atoms. The van der Waals surface area contributed by atoms with Crippen LogP contribution >= 0.6 is 0 Å². The summed E-state index contributed by atoms with van der Waals surface area (Å²) in [6.45, 7) is 2.05. The molecule has 12 nitrogen and oxygen atoms in total. The summed E-state index contributed by atoms with van der Waals surface area (Å²) in [6, 6.07) is 66.0. The lowest BCUT2D eigenvalue weighted by atomic mass is 9.96. The van der Waals surface area contributed by atoms with Crippen molar-refractivity contribution >= 4 is 0 Å². The van der Waals surface area contributed by atoms with Gasteiger partial charge in [0.15, 0.2) is 12.6 Å². The van der Waals surface area contributed by atoms with Gasteiger partial charge < -0.3 is 52.1 Å². The zero-order valence-corrected chi connectivity index (χ0v) is 41.2. The van der Waals surface area contributed by atoms with Crippen molar-refractivity contribution in [3.8, 4) is 0 Å². The number of methoxy groups -OCH3 is 1. The molecule has 1 aromatic heterocycles. The molecule has 0 aliphatic carbocycles. The highest BCUT2D eigenvalue weighted by atomic mass is 16.7. The topological polar surface area (TPSA) is 114 Å². The summed E-state index contributed by atoms with van der Waals surface area (Å²) in [5.41, 5.74) is 6.72. The molecule has 3 heterocycles. The molecule has 0 N–H and O–H groups in total. The summed E-state index contributed by atoms with van der Waals surface area (Å²) >= 11 is 0. The van der Waals surface area contributed by atoms with Crippen LogP contribution in [-0.2, 0) is 98.4 Å². The third kappa shape index (κ3) is 15.3. The molecule has 0 saturated carbocycles. The monoisotopic (exact) mass is 987 g/mol. The first-order valence-electron chi connectivity index (χ1n) is 25.0. The summed E-state index contributed by atoms with van der Waals surface area (Å²) in [4.78, 5) is 4.50. The Morgan fingerprint density at radius 3 is 1.03 bits per heavy atom. The number of nitrogens with zero attached hydrogens (tertiary/aromatic N) is 1. The maximum absolute atomic E-state index is 7.08. The number of hydrogen-bond donors (Lipinski definition) is 0. The maximum Gasteiger partial charge on any atom is 0.187 e. The van der Waals surface area contributed by atoms with Crippen LogP contribution in [0.3, 0.4) is 0 Å². The smallest absolute Gasteiger partial charge is 0.187 e. The molecule has 2 fully saturated rings. The Bertz CT molecular complexity index is 2570. The fourth-order valence-electron chi connectivity index (χ4n) is 9.04. The zero-order valence-electron chi connectivity index (χ0n) is 41.2. The van der Waals surface area contributed by atoms with Gasteiger partial charge in [0.05, 0.1) is 65.2 Å². The predicted octanol–water partition coefficient (Wildman–Crippen LogP) is 10.2. The fraction of sp³-hybridized carbons (Fsp3) is 0.328. The van der Waals surface area contributed by atoms with Crippen LogP contribution in [0.5, 0.6) is 0 Å². The molecule has 0 amide bonds. The second-order valence-electron chi connectivity index (χ2n) is 18.1. The molecule has 2 aliphatic heterocycles. The predicted molar refractivity (Wildman–Crippen MR) is 274 cm³/mol. The van der Waals surface area contributed by atoms with Gasteiger partial charge in [-0.25, -0.2) is 0 Å². The Morgan fingerprint density at radius 1 is 0.329 bits per heavy atom. The van der Waals surface area contributed by atoms with Crippen molar-refractivity contribution < 1.29 is 52.1 Å². The van der Waals surface area contributed by atoms with Crippen LogP contribution in [0, 0.1) is 0 Å². The standard InChI is InChI=1S/C61H65NO11/c1-63-60-58(69-40-49-30-16-6-17-31-49)56(67-38-47-26-12-4-13-27-47)55(66-37-46-24-10-3-11-25-46)53(72-60)44-71-61-59(70-41-50-32-18-7-19-33-50)57(68-39-48-28-14-5-15-29-48)54(65-36-45-22-8-2-9-23-45)52(73-61)43-64-42-51-34-20-21-35-62-51/h2-35,52-61H,36-44H2,1H3/t52-,53-,54+,55-,56+,57+,58-,59-,60+,61-/m1/s1. The van der Waals surface area contributed by atoms with E-state index in [0.717, 1.165) is 39.1 Å². The van der Waals surface area contributed by atoms with Crippen LogP contribution in [0.1, 0.15) is 39.1 Å². The van der Waals surface area contributed by atoms with E-state index in [1.54, 1.807) is 13.3 Å². The van der Waals surface area contributed by atoms with Gasteiger partial charge in [-0.1, -0.05) is 188 Å². The molecule has 0 radical (unpaired) electrons. The largest absolute Gasteiger partial charge is 0.372 e. The number of hydrogen-bond acceptors (Lipinski definition) is 12. The molecule has 380 valence electrons. The number of aromatic nitrogens is 1. The summed E-state index contributed by atoms with van der Waals surface area (Å²) in [5.74, 6) is 0. The number of benzene rings is 6. The Morgan fingerprint density at radius 2 is 0.658 bits per heavy atom. The minimum atomic E-state index is -1.01. The average molecular weight is 988 g/mol. The molecule has 9 rings (SSSR count). The molecule has 0 unspecified atom stereocenters. The van der Waals surface area contributed by atoms with Crippen LogP contribution in [0.25, 0.3) is 0 Å². The van der Waals surface area contributed by atoms with Crippen molar-refractivity contribution in [1.82, 2.24) is 4.98 Å². The highest BCUT2D eigenvalue weighted by molar-refractivity contribution is 5.18. The van der Waals surface area contributed by atoms with Crippen molar-refractivity contribution in [1.29, 1.82) is 0 Å². The third-order valence-electron chi connectivity index (χ3n) is 12.8. The van der Waals surface area contributed by atoms with E-state index < -0.39 is 61.4 Å². The zero-order chi connectivity index (χ0) is 49.7. The van der Waals surface area contributed by atoms with Gasteiger partial charge in [0.25, 0.3) is 0 Å². The minimum absolute atomic E-state index is 0.0196. The van der Waals surface area contributed by atoms with Gasteiger partial charge in [-0.2, -0.15) is 0 Å². The van der Waals surface area contributed by atoms with Crippen molar-refractivity contribution in [2.75, 3.05) is 20.3 Å².